The lowest BCUT2D eigenvalue weighted by molar-refractivity contribution is 0.253. The molecule has 2 bridgehead atoms. The van der Waals surface area contributed by atoms with Gasteiger partial charge in [-0.25, -0.2) is 0 Å². The highest BCUT2D eigenvalue weighted by atomic mass is 15.1. The lowest BCUT2D eigenvalue weighted by Gasteiger charge is -2.22. The Morgan fingerprint density at radius 1 is 0.312 bits per heavy atom. The second-order valence-corrected chi connectivity index (χ2v) is 5.51. The van der Waals surface area contributed by atoms with Crippen LogP contribution in [0.2, 0.25) is 0 Å². The van der Waals surface area contributed by atoms with Gasteiger partial charge in [0.1, 0.15) is 0 Å². The lowest BCUT2D eigenvalue weighted by Crippen LogP contribution is -2.27. The van der Waals surface area contributed by atoms with Gasteiger partial charge >= 0.3 is 0 Å². The summed E-state index contributed by atoms with van der Waals surface area (Å²) < 4.78 is 0. The van der Waals surface area contributed by atoms with Crippen LogP contribution in [0.15, 0.2) is 0 Å². The van der Waals surface area contributed by atoms with Crippen LogP contribution in [0.5, 0.6) is 0 Å². The fraction of sp³-hybridized carbons (Fsp3) is 1.00. The van der Waals surface area contributed by atoms with Crippen molar-refractivity contribution in [3.05, 3.63) is 0 Å². The predicted molar refractivity (Wildman–Crippen MR) is 69.8 cm³/mol. The molecule has 2 saturated heterocycles. The van der Waals surface area contributed by atoms with Crippen molar-refractivity contribution in [2.75, 3.05) is 39.3 Å². The Morgan fingerprint density at radius 3 is 0.875 bits per heavy atom. The third kappa shape index (κ3) is 4.42. The Morgan fingerprint density at radius 2 is 0.562 bits per heavy atom. The molecule has 2 heteroatoms. The van der Waals surface area contributed by atoms with E-state index < -0.39 is 0 Å². The fourth-order valence-electron chi connectivity index (χ4n) is 3.04. The van der Waals surface area contributed by atoms with Crippen LogP contribution >= 0.6 is 0 Å². The molecule has 0 N–H and O–H groups in total. The van der Waals surface area contributed by atoms with Gasteiger partial charge in [0, 0.05) is 0 Å². The van der Waals surface area contributed by atoms with Crippen LogP contribution in [0.3, 0.4) is 0 Å². The van der Waals surface area contributed by atoms with Gasteiger partial charge in [0.25, 0.3) is 0 Å². The molecule has 2 aliphatic rings. The quantitative estimate of drug-likeness (QED) is 0.624. The molecule has 2 fully saturated rings. The molecule has 2 nitrogen and oxygen atoms in total. The van der Waals surface area contributed by atoms with E-state index in [1.165, 1.54) is 90.6 Å². The van der Waals surface area contributed by atoms with Crippen LogP contribution in [0.25, 0.3) is 0 Å². The molecule has 0 amide bonds. The molecule has 0 unspecified atom stereocenters. The molecule has 0 spiro atoms. The van der Waals surface area contributed by atoms with Crippen molar-refractivity contribution < 1.29 is 0 Å². The van der Waals surface area contributed by atoms with E-state index in [1.54, 1.807) is 0 Å². The van der Waals surface area contributed by atoms with Crippen molar-refractivity contribution in [2.24, 2.45) is 0 Å². The Kier molecular flexibility index (Phi) is 5.64. The van der Waals surface area contributed by atoms with E-state index in [1.807, 2.05) is 0 Å². The normalized spacial score (nSPS) is 34.5. The molecule has 0 atom stereocenters. The average molecular weight is 224 g/mol. The molecule has 2 heterocycles. The summed E-state index contributed by atoms with van der Waals surface area (Å²) in [7, 11) is 0. The minimum atomic E-state index is 1.36. The minimum absolute atomic E-state index is 1.36. The topological polar surface area (TPSA) is 6.48 Å². The van der Waals surface area contributed by atoms with E-state index in [-0.39, 0.29) is 0 Å². The van der Waals surface area contributed by atoms with Crippen molar-refractivity contribution >= 4 is 0 Å². The maximum absolute atomic E-state index is 2.72. The molecule has 0 aliphatic carbocycles. The van der Waals surface area contributed by atoms with E-state index in [2.05, 4.69) is 9.80 Å². The summed E-state index contributed by atoms with van der Waals surface area (Å²) in [6.07, 6.45) is 11.4. The van der Waals surface area contributed by atoms with E-state index in [0.29, 0.717) is 0 Å². The number of hydrogen-bond acceptors (Lipinski definition) is 2. The number of nitrogens with zero attached hydrogens (tertiary/aromatic N) is 2. The molecular weight excluding hydrogens is 196 g/mol. The van der Waals surface area contributed by atoms with Gasteiger partial charge < -0.3 is 9.80 Å². The van der Waals surface area contributed by atoms with Gasteiger partial charge in [0.2, 0.25) is 0 Å². The summed E-state index contributed by atoms with van der Waals surface area (Å²) >= 11 is 0. The molecule has 94 valence electrons. The van der Waals surface area contributed by atoms with Gasteiger partial charge in [0.05, 0.1) is 0 Å². The summed E-state index contributed by atoms with van der Waals surface area (Å²) in [6.45, 7) is 8.15. The second-order valence-electron chi connectivity index (χ2n) is 5.51. The van der Waals surface area contributed by atoms with Crippen molar-refractivity contribution in [1.29, 1.82) is 0 Å². The number of rotatable bonds is 0. The van der Waals surface area contributed by atoms with Gasteiger partial charge in [0.15, 0.2) is 0 Å². The Bertz CT molecular complexity index is 150. The molecule has 2 rings (SSSR count). The Labute approximate surface area is 101 Å². The Balaban J connectivity index is 1.92. The highest BCUT2D eigenvalue weighted by Gasteiger charge is 2.11. The summed E-state index contributed by atoms with van der Waals surface area (Å²) in [5.74, 6) is 0. The van der Waals surface area contributed by atoms with E-state index in [0.717, 1.165) is 0 Å². The van der Waals surface area contributed by atoms with Gasteiger partial charge in [-0.15, -0.1) is 0 Å². The maximum atomic E-state index is 2.72. The number of fused-ring (bicyclic) bond motifs is 5. The predicted octanol–water partition coefficient (Wildman–Crippen LogP) is 2.74. The monoisotopic (exact) mass is 224 g/mol. The standard InChI is InChI=1S/C14H28N2/c1-3-9-15-11-5-2-6-12-16(10-4-1)14-8-7-13-15/h1-14H2. The highest BCUT2D eigenvalue weighted by Crippen LogP contribution is 2.11. The van der Waals surface area contributed by atoms with Crippen molar-refractivity contribution in [3.63, 3.8) is 0 Å². The lowest BCUT2D eigenvalue weighted by atomic mass is 10.1. The zero-order valence-corrected chi connectivity index (χ0v) is 10.8. The molecule has 0 aromatic heterocycles. The summed E-state index contributed by atoms with van der Waals surface area (Å²) in [5, 5.41) is 0. The van der Waals surface area contributed by atoms with E-state index in [9.17, 15) is 0 Å². The molecule has 2 aliphatic heterocycles. The molecule has 0 radical (unpaired) electrons. The smallest absolute Gasteiger partial charge is 0.00183 e. The first-order valence-corrected chi connectivity index (χ1v) is 7.40. The maximum Gasteiger partial charge on any atom is -0.00183 e. The summed E-state index contributed by atoms with van der Waals surface area (Å²) in [4.78, 5) is 5.45. The van der Waals surface area contributed by atoms with Gasteiger partial charge in [-0.1, -0.05) is 12.8 Å². The van der Waals surface area contributed by atoms with Crippen LogP contribution in [0.4, 0.5) is 0 Å². The Hall–Kier alpha value is -0.0800. The second kappa shape index (κ2) is 7.29. The molecule has 0 saturated carbocycles. The minimum Gasteiger partial charge on any atom is -0.303 e. The van der Waals surface area contributed by atoms with Crippen molar-refractivity contribution in [1.82, 2.24) is 9.80 Å². The van der Waals surface area contributed by atoms with Crippen molar-refractivity contribution in [3.8, 4) is 0 Å². The summed E-state index contributed by atoms with van der Waals surface area (Å²) in [5.41, 5.74) is 0. The SMILES string of the molecule is C1CCN2CCCCCN(CC1)CCCC2. The third-order valence-electron chi connectivity index (χ3n) is 4.10. The largest absolute Gasteiger partial charge is 0.303 e. The van der Waals surface area contributed by atoms with Crippen LogP contribution in [-0.4, -0.2) is 49.1 Å². The number of hydrogen-bond donors (Lipinski definition) is 0. The zero-order valence-electron chi connectivity index (χ0n) is 10.8. The van der Waals surface area contributed by atoms with Crippen molar-refractivity contribution in [2.45, 2.75) is 51.4 Å². The molecule has 0 aromatic rings. The van der Waals surface area contributed by atoms with Crippen LogP contribution in [0, 0.1) is 0 Å². The summed E-state index contributed by atoms with van der Waals surface area (Å²) in [6, 6.07) is 0. The van der Waals surface area contributed by atoms with Crippen LogP contribution < -0.4 is 0 Å². The molecule has 16 heavy (non-hydrogen) atoms. The van der Waals surface area contributed by atoms with E-state index in [4.69, 9.17) is 0 Å². The molecular formula is C14H28N2. The van der Waals surface area contributed by atoms with Gasteiger partial charge in [-0.05, 0) is 77.8 Å². The third-order valence-corrected chi connectivity index (χ3v) is 4.10. The zero-order chi connectivity index (χ0) is 11.1. The first-order valence-electron chi connectivity index (χ1n) is 7.40. The fourth-order valence-corrected chi connectivity index (χ4v) is 3.04. The first-order chi connectivity index (χ1) is 7.95. The first kappa shape index (κ1) is 12.4. The van der Waals surface area contributed by atoms with Gasteiger partial charge in [-0.3, -0.25) is 0 Å². The molecule has 0 aromatic carbocycles. The highest BCUT2D eigenvalue weighted by molar-refractivity contribution is 4.67. The van der Waals surface area contributed by atoms with Gasteiger partial charge in [-0.2, -0.15) is 0 Å². The van der Waals surface area contributed by atoms with E-state index >= 15 is 0 Å². The van der Waals surface area contributed by atoms with Crippen LogP contribution in [0.1, 0.15) is 51.4 Å². The van der Waals surface area contributed by atoms with Crippen LogP contribution in [-0.2, 0) is 0 Å². The average Bonchev–Trinajstić information content (AvgIpc) is 2.36.